The van der Waals surface area contributed by atoms with Crippen LogP contribution < -0.4 is 16.4 Å². The third-order valence-electron chi connectivity index (χ3n) is 1.94. The van der Waals surface area contributed by atoms with Gasteiger partial charge in [-0.05, 0) is 13.3 Å². The quantitative estimate of drug-likeness (QED) is 0.622. The molecule has 0 spiro atoms. The molecule has 5 nitrogen and oxygen atoms in total. The molecule has 0 bridgehead atoms. The van der Waals surface area contributed by atoms with Crippen molar-refractivity contribution in [1.29, 1.82) is 0 Å². The lowest BCUT2D eigenvalue weighted by atomic mass is 10.3. The van der Waals surface area contributed by atoms with E-state index in [0.29, 0.717) is 5.95 Å². The highest BCUT2D eigenvalue weighted by Gasteiger charge is 2.00. The Bertz CT molecular complexity index is 300. The van der Waals surface area contributed by atoms with E-state index in [1.54, 1.807) is 0 Å². The predicted molar refractivity (Wildman–Crippen MR) is 64.0 cm³/mol. The van der Waals surface area contributed by atoms with Gasteiger partial charge in [-0.15, -0.1) is 0 Å². The molecule has 1 aromatic heterocycles. The van der Waals surface area contributed by atoms with Crippen molar-refractivity contribution in [3.63, 3.8) is 0 Å². The summed E-state index contributed by atoms with van der Waals surface area (Å²) in [6.45, 7) is 5.91. The van der Waals surface area contributed by atoms with E-state index >= 15 is 0 Å². The van der Waals surface area contributed by atoms with E-state index in [4.69, 9.17) is 5.73 Å². The van der Waals surface area contributed by atoms with Crippen molar-refractivity contribution in [3.8, 4) is 0 Å². The van der Waals surface area contributed by atoms with Gasteiger partial charge in [0.1, 0.15) is 11.6 Å². The molecule has 84 valence electrons. The number of nitrogens with one attached hydrogen (secondary N) is 2. The normalized spacial score (nSPS) is 10.0. The zero-order chi connectivity index (χ0) is 11.1. The summed E-state index contributed by atoms with van der Waals surface area (Å²) < 4.78 is 0. The Morgan fingerprint density at radius 3 is 2.47 bits per heavy atom. The SMILES string of the molecule is CCCCNc1cc(NCC)nc(N)n1. The fraction of sp³-hybridized carbons (Fsp3) is 0.600. The summed E-state index contributed by atoms with van der Waals surface area (Å²) in [7, 11) is 0. The monoisotopic (exact) mass is 209 g/mol. The number of hydrogen-bond acceptors (Lipinski definition) is 5. The maximum atomic E-state index is 5.59. The van der Waals surface area contributed by atoms with E-state index in [-0.39, 0.29) is 0 Å². The standard InChI is InChI=1S/C10H19N5/c1-3-5-6-13-9-7-8(12-4-2)14-10(11)15-9/h7H,3-6H2,1-2H3,(H4,11,12,13,14,15). The largest absolute Gasteiger partial charge is 0.370 e. The van der Waals surface area contributed by atoms with Crippen molar-refractivity contribution in [3.05, 3.63) is 6.07 Å². The van der Waals surface area contributed by atoms with Crippen molar-refractivity contribution in [1.82, 2.24) is 9.97 Å². The lowest BCUT2D eigenvalue weighted by Crippen LogP contribution is -2.08. The third-order valence-corrected chi connectivity index (χ3v) is 1.94. The number of unbranched alkanes of at least 4 members (excludes halogenated alkanes) is 1. The average molecular weight is 209 g/mol. The van der Waals surface area contributed by atoms with Crippen molar-refractivity contribution in [2.45, 2.75) is 26.7 Å². The molecule has 0 aliphatic heterocycles. The zero-order valence-electron chi connectivity index (χ0n) is 9.38. The van der Waals surface area contributed by atoms with Crippen molar-refractivity contribution in [2.75, 3.05) is 29.5 Å². The number of rotatable bonds is 6. The van der Waals surface area contributed by atoms with Gasteiger partial charge >= 0.3 is 0 Å². The number of nitrogens with two attached hydrogens (primary N) is 1. The van der Waals surface area contributed by atoms with Gasteiger partial charge in [-0.1, -0.05) is 13.3 Å². The first-order valence-electron chi connectivity index (χ1n) is 5.38. The summed E-state index contributed by atoms with van der Waals surface area (Å²) in [4.78, 5) is 8.17. The van der Waals surface area contributed by atoms with Crippen molar-refractivity contribution >= 4 is 17.6 Å². The second-order valence-corrected chi connectivity index (χ2v) is 3.31. The van der Waals surface area contributed by atoms with Crippen LogP contribution in [0.2, 0.25) is 0 Å². The van der Waals surface area contributed by atoms with Crippen LogP contribution >= 0.6 is 0 Å². The lowest BCUT2D eigenvalue weighted by Gasteiger charge is -2.08. The fourth-order valence-electron chi connectivity index (χ4n) is 1.22. The maximum absolute atomic E-state index is 5.59. The Morgan fingerprint density at radius 2 is 1.87 bits per heavy atom. The minimum Gasteiger partial charge on any atom is -0.370 e. The minimum atomic E-state index is 0.299. The highest BCUT2D eigenvalue weighted by atomic mass is 15.1. The molecule has 0 saturated carbocycles. The molecule has 0 amide bonds. The van der Waals surface area contributed by atoms with Crippen LogP contribution in [-0.2, 0) is 0 Å². The number of hydrogen-bond donors (Lipinski definition) is 3. The zero-order valence-corrected chi connectivity index (χ0v) is 9.38. The molecule has 5 heteroatoms. The van der Waals surface area contributed by atoms with E-state index in [1.807, 2.05) is 13.0 Å². The van der Waals surface area contributed by atoms with Gasteiger partial charge in [0.05, 0.1) is 0 Å². The van der Waals surface area contributed by atoms with Crippen LogP contribution in [0.4, 0.5) is 17.6 Å². The van der Waals surface area contributed by atoms with Gasteiger partial charge in [0.25, 0.3) is 0 Å². The van der Waals surface area contributed by atoms with E-state index < -0.39 is 0 Å². The fourth-order valence-corrected chi connectivity index (χ4v) is 1.22. The molecule has 0 aliphatic carbocycles. The summed E-state index contributed by atoms with van der Waals surface area (Å²) in [5.74, 6) is 1.85. The third kappa shape index (κ3) is 4.01. The average Bonchev–Trinajstić information content (AvgIpc) is 2.18. The molecule has 0 unspecified atom stereocenters. The van der Waals surface area contributed by atoms with Crippen LogP contribution in [0, 0.1) is 0 Å². The first-order chi connectivity index (χ1) is 7.26. The molecule has 0 fully saturated rings. The molecule has 0 atom stereocenters. The summed E-state index contributed by atoms with van der Waals surface area (Å²) >= 11 is 0. The molecular weight excluding hydrogens is 190 g/mol. The maximum Gasteiger partial charge on any atom is 0.223 e. The lowest BCUT2D eigenvalue weighted by molar-refractivity contribution is 0.830. The van der Waals surface area contributed by atoms with Gasteiger partial charge < -0.3 is 16.4 Å². The van der Waals surface area contributed by atoms with E-state index in [1.165, 1.54) is 0 Å². The first-order valence-corrected chi connectivity index (χ1v) is 5.38. The number of nitrogens with zero attached hydrogens (tertiary/aromatic N) is 2. The van der Waals surface area contributed by atoms with Crippen molar-refractivity contribution in [2.24, 2.45) is 0 Å². The number of anilines is 3. The summed E-state index contributed by atoms with van der Waals surface area (Å²) in [5.41, 5.74) is 5.59. The van der Waals surface area contributed by atoms with Gasteiger partial charge in [0, 0.05) is 19.2 Å². The molecule has 15 heavy (non-hydrogen) atoms. The molecule has 0 aromatic carbocycles. The summed E-state index contributed by atoms with van der Waals surface area (Å²) in [6.07, 6.45) is 2.29. The second-order valence-electron chi connectivity index (χ2n) is 3.31. The Labute approximate surface area is 90.5 Å². The molecule has 1 heterocycles. The molecule has 0 aliphatic rings. The molecule has 1 rings (SSSR count). The van der Waals surface area contributed by atoms with E-state index in [2.05, 4.69) is 27.5 Å². The second kappa shape index (κ2) is 6.06. The topological polar surface area (TPSA) is 75.9 Å². The Hall–Kier alpha value is -1.52. The predicted octanol–water partition coefficient (Wildman–Crippen LogP) is 1.70. The van der Waals surface area contributed by atoms with Gasteiger partial charge in [-0.2, -0.15) is 9.97 Å². The van der Waals surface area contributed by atoms with Crippen LogP contribution in [0.5, 0.6) is 0 Å². The molecule has 0 saturated heterocycles. The van der Waals surface area contributed by atoms with Crippen LogP contribution in [0.1, 0.15) is 26.7 Å². The molecule has 0 radical (unpaired) electrons. The first kappa shape index (κ1) is 11.6. The Balaban J connectivity index is 2.62. The van der Waals surface area contributed by atoms with Gasteiger partial charge in [0.15, 0.2) is 0 Å². The van der Waals surface area contributed by atoms with E-state index in [9.17, 15) is 0 Å². The van der Waals surface area contributed by atoms with E-state index in [0.717, 1.165) is 37.6 Å². The smallest absolute Gasteiger partial charge is 0.223 e. The van der Waals surface area contributed by atoms with Crippen molar-refractivity contribution < 1.29 is 0 Å². The van der Waals surface area contributed by atoms with Crippen LogP contribution in [0.3, 0.4) is 0 Å². The Morgan fingerprint density at radius 1 is 1.20 bits per heavy atom. The summed E-state index contributed by atoms with van der Waals surface area (Å²) in [5, 5.41) is 6.32. The van der Waals surface area contributed by atoms with Crippen LogP contribution in [0.15, 0.2) is 6.07 Å². The minimum absolute atomic E-state index is 0.299. The Kier molecular flexibility index (Phi) is 4.66. The molecular formula is C10H19N5. The van der Waals surface area contributed by atoms with Crippen LogP contribution in [-0.4, -0.2) is 23.1 Å². The van der Waals surface area contributed by atoms with Gasteiger partial charge in [-0.3, -0.25) is 0 Å². The molecule has 1 aromatic rings. The molecule has 4 N–H and O–H groups in total. The number of nitrogen functional groups attached to an aromatic ring is 1. The van der Waals surface area contributed by atoms with Gasteiger partial charge in [-0.25, -0.2) is 0 Å². The summed E-state index contributed by atoms with van der Waals surface area (Å²) in [6, 6.07) is 1.87. The highest BCUT2D eigenvalue weighted by Crippen LogP contribution is 2.12. The highest BCUT2D eigenvalue weighted by molar-refractivity contribution is 5.50. The number of aromatic nitrogens is 2. The van der Waals surface area contributed by atoms with Gasteiger partial charge in [0.2, 0.25) is 5.95 Å². The van der Waals surface area contributed by atoms with Crippen LogP contribution in [0.25, 0.3) is 0 Å².